The number of rotatable bonds is 5. The minimum atomic E-state index is -0.837. The summed E-state index contributed by atoms with van der Waals surface area (Å²) in [6, 6.07) is 0. The number of hydrogen-bond acceptors (Lipinski definition) is 2. The first-order valence-electron chi connectivity index (χ1n) is 6.63. The van der Waals surface area contributed by atoms with E-state index in [1.165, 1.54) is 31.8 Å². The summed E-state index contributed by atoms with van der Waals surface area (Å²) in [7, 11) is 2.10. The fourth-order valence-electron chi connectivity index (χ4n) is 3.75. The van der Waals surface area contributed by atoms with Gasteiger partial charge in [0.25, 0.3) is 0 Å². The second kappa shape index (κ2) is 5.21. The van der Waals surface area contributed by atoms with Crippen molar-refractivity contribution in [3.05, 3.63) is 11.6 Å². The molecule has 3 heteroatoms. The van der Waals surface area contributed by atoms with Crippen molar-refractivity contribution in [2.75, 3.05) is 20.1 Å². The molecular formula is C14H23NO2. The van der Waals surface area contributed by atoms with Crippen LogP contribution in [-0.4, -0.2) is 36.1 Å². The van der Waals surface area contributed by atoms with Crippen LogP contribution in [-0.2, 0) is 4.79 Å². The fourth-order valence-corrected chi connectivity index (χ4v) is 3.75. The van der Waals surface area contributed by atoms with Gasteiger partial charge in [0.2, 0.25) is 0 Å². The van der Waals surface area contributed by atoms with Gasteiger partial charge in [0.1, 0.15) is 0 Å². The standard InChI is InChI=1S/C14H23NO2/c1-10(5-14(16)17)8-15(2)9-13-7-11-3-4-12(13)6-11/h5,11-13H,3-4,6-9H2,1-2H3,(H,16,17). The Morgan fingerprint density at radius 1 is 1.41 bits per heavy atom. The molecule has 2 saturated carbocycles. The van der Waals surface area contributed by atoms with Crippen molar-refractivity contribution in [2.24, 2.45) is 17.8 Å². The Hall–Kier alpha value is -0.830. The molecule has 2 bridgehead atoms. The molecule has 17 heavy (non-hydrogen) atoms. The van der Waals surface area contributed by atoms with Gasteiger partial charge in [0.05, 0.1) is 0 Å². The Balaban J connectivity index is 1.78. The average molecular weight is 237 g/mol. The van der Waals surface area contributed by atoms with E-state index < -0.39 is 5.97 Å². The van der Waals surface area contributed by atoms with Crippen molar-refractivity contribution in [2.45, 2.75) is 32.6 Å². The molecule has 2 rings (SSSR count). The first kappa shape index (κ1) is 12.6. The Morgan fingerprint density at radius 2 is 2.18 bits per heavy atom. The van der Waals surface area contributed by atoms with Crippen molar-refractivity contribution in [3.63, 3.8) is 0 Å². The van der Waals surface area contributed by atoms with E-state index >= 15 is 0 Å². The topological polar surface area (TPSA) is 40.5 Å². The molecule has 96 valence electrons. The molecule has 0 spiro atoms. The summed E-state index contributed by atoms with van der Waals surface area (Å²) in [6.45, 7) is 3.80. The number of aliphatic carboxylic acids is 1. The smallest absolute Gasteiger partial charge is 0.328 e. The normalized spacial score (nSPS) is 32.4. The lowest BCUT2D eigenvalue weighted by molar-refractivity contribution is -0.131. The average Bonchev–Trinajstić information content (AvgIpc) is 2.76. The fraction of sp³-hybridized carbons (Fsp3) is 0.786. The number of carboxylic acids is 1. The van der Waals surface area contributed by atoms with E-state index in [0.717, 1.165) is 36.4 Å². The van der Waals surface area contributed by atoms with Gasteiger partial charge in [-0.2, -0.15) is 0 Å². The summed E-state index contributed by atoms with van der Waals surface area (Å²) in [4.78, 5) is 12.8. The molecule has 3 unspecified atom stereocenters. The first-order valence-corrected chi connectivity index (χ1v) is 6.63. The van der Waals surface area contributed by atoms with E-state index in [0.29, 0.717) is 0 Å². The molecule has 0 aromatic rings. The molecule has 0 amide bonds. The van der Waals surface area contributed by atoms with Crippen molar-refractivity contribution in [1.82, 2.24) is 4.90 Å². The van der Waals surface area contributed by atoms with Crippen LogP contribution in [0.4, 0.5) is 0 Å². The number of carbonyl (C=O) groups is 1. The van der Waals surface area contributed by atoms with Crippen LogP contribution in [0, 0.1) is 17.8 Å². The third-order valence-electron chi connectivity index (χ3n) is 4.32. The second-order valence-electron chi connectivity index (χ2n) is 5.96. The molecule has 0 saturated heterocycles. The van der Waals surface area contributed by atoms with E-state index in [9.17, 15) is 4.79 Å². The maximum Gasteiger partial charge on any atom is 0.328 e. The summed E-state index contributed by atoms with van der Waals surface area (Å²) >= 11 is 0. The predicted molar refractivity (Wildman–Crippen MR) is 67.8 cm³/mol. The molecule has 0 aromatic heterocycles. The number of fused-ring (bicyclic) bond motifs is 2. The van der Waals surface area contributed by atoms with Crippen LogP contribution < -0.4 is 0 Å². The molecule has 3 atom stereocenters. The second-order valence-corrected chi connectivity index (χ2v) is 5.96. The highest BCUT2D eigenvalue weighted by Crippen LogP contribution is 2.48. The van der Waals surface area contributed by atoms with Gasteiger partial charge in [-0.05, 0) is 51.0 Å². The minimum Gasteiger partial charge on any atom is -0.478 e. The highest BCUT2D eigenvalue weighted by atomic mass is 16.4. The maximum atomic E-state index is 10.5. The molecule has 0 aromatic carbocycles. The Labute approximate surface area is 103 Å². The summed E-state index contributed by atoms with van der Waals surface area (Å²) < 4.78 is 0. The zero-order valence-electron chi connectivity index (χ0n) is 10.9. The third-order valence-corrected chi connectivity index (χ3v) is 4.32. The lowest BCUT2D eigenvalue weighted by Crippen LogP contribution is -2.30. The minimum absolute atomic E-state index is 0.778. The van der Waals surface area contributed by atoms with Crippen LogP contribution in [0.3, 0.4) is 0 Å². The van der Waals surface area contributed by atoms with Crippen LogP contribution in [0.2, 0.25) is 0 Å². The van der Waals surface area contributed by atoms with Gasteiger partial charge in [-0.1, -0.05) is 12.0 Å². The third kappa shape index (κ3) is 3.32. The van der Waals surface area contributed by atoms with Gasteiger partial charge >= 0.3 is 5.97 Å². The molecule has 1 N–H and O–H groups in total. The quantitative estimate of drug-likeness (QED) is 0.746. The Kier molecular flexibility index (Phi) is 3.87. The van der Waals surface area contributed by atoms with Crippen LogP contribution in [0.1, 0.15) is 32.6 Å². The van der Waals surface area contributed by atoms with E-state index in [-0.39, 0.29) is 0 Å². The number of hydrogen-bond donors (Lipinski definition) is 1. The zero-order valence-corrected chi connectivity index (χ0v) is 10.9. The molecule has 0 heterocycles. The van der Waals surface area contributed by atoms with Crippen LogP contribution in [0.25, 0.3) is 0 Å². The van der Waals surface area contributed by atoms with Gasteiger partial charge in [-0.15, -0.1) is 0 Å². The van der Waals surface area contributed by atoms with Gasteiger partial charge < -0.3 is 10.0 Å². The predicted octanol–water partition coefficient (Wildman–Crippen LogP) is 2.39. The van der Waals surface area contributed by atoms with E-state index in [1.807, 2.05) is 6.92 Å². The summed E-state index contributed by atoms with van der Waals surface area (Å²) in [5.41, 5.74) is 0.933. The highest BCUT2D eigenvalue weighted by Gasteiger charge is 2.39. The molecule has 3 nitrogen and oxygen atoms in total. The summed E-state index contributed by atoms with van der Waals surface area (Å²) in [5, 5.41) is 8.67. The Bertz CT molecular complexity index is 324. The molecule has 2 aliphatic rings. The summed E-state index contributed by atoms with van der Waals surface area (Å²) in [6.07, 6.45) is 7.03. The highest BCUT2D eigenvalue weighted by molar-refractivity contribution is 5.80. The number of carboxylic acid groups (broad SMARTS) is 1. The van der Waals surface area contributed by atoms with E-state index in [2.05, 4.69) is 11.9 Å². The van der Waals surface area contributed by atoms with Crippen LogP contribution in [0.5, 0.6) is 0 Å². The largest absolute Gasteiger partial charge is 0.478 e. The monoisotopic (exact) mass is 237 g/mol. The zero-order chi connectivity index (χ0) is 12.4. The molecule has 2 aliphatic carbocycles. The number of nitrogens with zero attached hydrogens (tertiary/aromatic N) is 1. The van der Waals surface area contributed by atoms with Gasteiger partial charge in [0.15, 0.2) is 0 Å². The molecule has 2 fully saturated rings. The van der Waals surface area contributed by atoms with Crippen molar-refractivity contribution in [3.8, 4) is 0 Å². The van der Waals surface area contributed by atoms with Crippen LogP contribution in [0.15, 0.2) is 11.6 Å². The summed E-state index contributed by atoms with van der Waals surface area (Å²) in [5.74, 6) is 1.97. The molecule has 0 aliphatic heterocycles. The van der Waals surface area contributed by atoms with E-state index in [4.69, 9.17) is 5.11 Å². The van der Waals surface area contributed by atoms with Gasteiger partial charge in [0, 0.05) is 19.2 Å². The lowest BCUT2D eigenvalue weighted by Gasteiger charge is -2.27. The lowest BCUT2D eigenvalue weighted by atomic mass is 9.88. The number of likely N-dealkylation sites (N-methyl/N-ethyl adjacent to an activating group) is 1. The van der Waals surface area contributed by atoms with Gasteiger partial charge in [-0.3, -0.25) is 0 Å². The SMILES string of the molecule is CC(=CC(=O)O)CN(C)CC1CC2CCC1C2. The first-order chi connectivity index (χ1) is 8.04. The maximum absolute atomic E-state index is 10.5. The van der Waals surface area contributed by atoms with Crippen LogP contribution >= 0.6 is 0 Å². The molecule has 0 radical (unpaired) electrons. The van der Waals surface area contributed by atoms with Crippen molar-refractivity contribution in [1.29, 1.82) is 0 Å². The van der Waals surface area contributed by atoms with Crippen molar-refractivity contribution < 1.29 is 9.90 Å². The van der Waals surface area contributed by atoms with E-state index in [1.54, 1.807) is 0 Å². The molecular weight excluding hydrogens is 214 g/mol. The Morgan fingerprint density at radius 3 is 2.71 bits per heavy atom. The van der Waals surface area contributed by atoms with Crippen molar-refractivity contribution >= 4 is 5.97 Å². The van der Waals surface area contributed by atoms with Gasteiger partial charge in [-0.25, -0.2) is 4.79 Å².